The Morgan fingerprint density at radius 3 is 2.14 bits per heavy atom. The van der Waals surface area contributed by atoms with Gasteiger partial charge in [-0.15, -0.1) is 0 Å². The van der Waals surface area contributed by atoms with Crippen molar-refractivity contribution in [3.8, 4) is 0 Å². The van der Waals surface area contributed by atoms with Gasteiger partial charge in [0.25, 0.3) is 0 Å². The Kier molecular flexibility index (Phi) is 12.9. The lowest BCUT2D eigenvalue weighted by atomic mass is 10.1. The van der Waals surface area contributed by atoms with Crippen LogP contribution in [0.15, 0.2) is 12.3 Å². The van der Waals surface area contributed by atoms with Crippen molar-refractivity contribution in [2.75, 3.05) is 19.6 Å². The monoisotopic (exact) mass is 296 g/mol. The second kappa shape index (κ2) is 13.2. The first kappa shape index (κ1) is 20.5. The Hall–Kier alpha value is -0.500. The number of nitrogens with zero attached hydrogens (tertiary/aromatic N) is 1. The van der Waals surface area contributed by atoms with E-state index in [1.807, 2.05) is 0 Å². The van der Waals surface area contributed by atoms with Crippen LogP contribution in [-0.4, -0.2) is 30.6 Å². The van der Waals surface area contributed by atoms with Gasteiger partial charge in [-0.25, -0.2) is 0 Å². The summed E-state index contributed by atoms with van der Waals surface area (Å²) in [5.74, 6) is 0.904. The second-order valence-electron chi connectivity index (χ2n) is 7.13. The van der Waals surface area contributed by atoms with E-state index in [1.165, 1.54) is 58.0 Å². The van der Waals surface area contributed by atoms with Gasteiger partial charge in [0.1, 0.15) is 0 Å². The summed E-state index contributed by atoms with van der Waals surface area (Å²) in [6.45, 7) is 18.7. The minimum atomic E-state index is 0.511. The van der Waals surface area contributed by atoms with E-state index in [-0.39, 0.29) is 0 Å². The van der Waals surface area contributed by atoms with Crippen LogP contribution in [0.25, 0.3) is 0 Å². The minimum Gasteiger partial charge on any atom is -0.386 e. The van der Waals surface area contributed by atoms with Gasteiger partial charge in [-0.05, 0) is 45.7 Å². The van der Waals surface area contributed by atoms with Crippen molar-refractivity contribution >= 4 is 0 Å². The summed E-state index contributed by atoms with van der Waals surface area (Å²) in [4.78, 5) is 2.49. The van der Waals surface area contributed by atoms with E-state index < -0.39 is 0 Å². The van der Waals surface area contributed by atoms with Gasteiger partial charge >= 0.3 is 0 Å². The smallest absolute Gasteiger partial charge is 0.0375 e. The van der Waals surface area contributed by atoms with Gasteiger partial charge in [0.15, 0.2) is 0 Å². The normalized spacial score (nSPS) is 15.8. The molecule has 0 radical (unpaired) electrons. The van der Waals surface area contributed by atoms with E-state index in [0.29, 0.717) is 6.04 Å². The number of hydrogen-bond acceptors (Lipinski definition) is 2. The van der Waals surface area contributed by atoms with Crippen molar-refractivity contribution in [3.05, 3.63) is 12.3 Å². The molecule has 2 heteroatoms. The minimum absolute atomic E-state index is 0.511. The van der Waals surface area contributed by atoms with Gasteiger partial charge in [-0.3, -0.25) is 4.90 Å². The molecule has 1 fully saturated rings. The fourth-order valence-electron chi connectivity index (χ4n) is 2.64. The quantitative estimate of drug-likeness (QED) is 0.619. The molecule has 21 heavy (non-hydrogen) atoms. The van der Waals surface area contributed by atoms with Crippen LogP contribution in [0.4, 0.5) is 0 Å². The van der Waals surface area contributed by atoms with Crippen LogP contribution in [0.5, 0.6) is 0 Å². The summed E-state index contributed by atoms with van der Waals surface area (Å²) in [6.07, 6.45) is 9.72. The first-order chi connectivity index (χ1) is 9.95. The maximum atomic E-state index is 4.04. The molecule has 1 heterocycles. The second-order valence-corrected chi connectivity index (χ2v) is 7.13. The average Bonchev–Trinajstić information content (AvgIpc) is 2.39. The molecule has 0 aromatic heterocycles. The number of nitrogens with one attached hydrogen (secondary N) is 1. The lowest BCUT2D eigenvalue weighted by Crippen LogP contribution is -2.35. The Labute approximate surface area is 134 Å². The van der Waals surface area contributed by atoms with E-state index in [0.717, 1.165) is 18.2 Å². The number of hydrogen-bond donors (Lipinski definition) is 1. The number of rotatable bonds is 8. The molecule has 0 saturated carbocycles. The Balaban J connectivity index is 0.000000433. The Morgan fingerprint density at radius 1 is 1.05 bits per heavy atom. The summed E-state index contributed by atoms with van der Waals surface area (Å²) in [7, 11) is 0. The van der Waals surface area contributed by atoms with Crippen LogP contribution < -0.4 is 5.32 Å². The SMILES string of the molecule is C=C(CN1CCCCC1)NC(C)C.CCCCCC(C)C. The van der Waals surface area contributed by atoms with Crippen molar-refractivity contribution in [2.24, 2.45) is 5.92 Å². The van der Waals surface area contributed by atoms with Gasteiger partial charge < -0.3 is 5.32 Å². The Morgan fingerprint density at radius 2 is 1.67 bits per heavy atom. The third kappa shape index (κ3) is 14.2. The van der Waals surface area contributed by atoms with Crippen molar-refractivity contribution in [2.45, 2.75) is 85.6 Å². The number of piperidine rings is 1. The van der Waals surface area contributed by atoms with Gasteiger partial charge in [0, 0.05) is 18.3 Å². The predicted molar refractivity (Wildman–Crippen MR) is 96.7 cm³/mol. The fraction of sp³-hybridized carbons (Fsp3) is 0.895. The maximum absolute atomic E-state index is 4.04. The fourth-order valence-corrected chi connectivity index (χ4v) is 2.64. The van der Waals surface area contributed by atoms with Gasteiger partial charge in [0.2, 0.25) is 0 Å². The molecule has 1 aliphatic rings. The van der Waals surface area contributed by atoms with Crippen molar-refractivity contribution in [1.29, 1.82) is 0 Å². The molecule has 1 N–H and O–H groups in total. The highest BCUT2D eigenvalue weighted by Gasteiger charge is 2.10. The van der Waals surface area contributed by atoms with E-state index >= 15 is 0 Å². The summed E-state index contributed by atoms with van der Waals surface area (Å²) < 4.78 is 0. The van der Waals surface area contributed by atoms with Crippen LogP contribution in [-0.2, 0) is 0 Å². The largest absolute Gasteiger partial charge is 0.386 e. The van der Waals surface area contributed by atoms with Crippen LogP contribution in [0.3, 0.4) is 0 Å². The molecular weight excluding hydrogens is 256 g/mol. The van der Waals surface area contributed by atoms with E-state index in [2.05, 4.69) is 51.4 Å². The van der Waals surface area contributed by atoms with E-state index in [1.54, 1.807) is 0 Å². The molecular formula is C19H40N2. The van der Waals surface area contributed by atoms with Gasteiger partial charge in [-0.2, -0.15) is 0 Å². The van der Waals surface area contributed by atoms with Crippen molar-refractivity contribution in [1.82, 2.24) is 10.2 Å². The third-order valence-corrected chi connectivity index (χ3v) is 3.74. The standard InChI is InChI=1S/C11H22N2.C8H18/c1-10(2)12-11(3)9-13-7-5-4-6-8-13;1-4-5-6-7-8(2)3/h10,12H,3-9H2,1-2H3;8H,4-7H2,1-3H3. The van der Waals surface area contributed by atoms with E-state index in [9.17, 15) is 0 Å². The maximum Gasteiger partial charge on any atom is 0.0375 e. The highest BCUT2D eigenvalue weighted by molar-refractivity contribution is 4.96. The third-order valence-electron chi connectivity index (χ3n) is 3.74. The van der Waals surface area contributed by atoms with Crippen LogP contribution in [0.2, 0.25) is 0 Å². The Bertz CT molecular complexity index is 240. The predicted octanol–water partition coefficient (Wildman–Crippen LogP) is 5.21. The first-order valence-corrected chi connectivity index (χ1v) is 9.12. The lowest BCUT2D eigenvalue weighted by molar-refractivity contribution is 0.242. The van der Waals surface area contributed by atoms with Gasteiger partial charge in [0.05, 0.1) is 0 Å². The molecule has 0 aromatic carbocycles. The summed E-state index contributed by atoms with van der Waals surface area (Å²) in [5, 5.41) is 3.35. The molecule has 0 spiro atoms. The first-order valence-electron chi connectivity index (χ1n) is 9.12. The van der Waals surface area contributed by atoms with Crippen LogP contribution in [0.1, 0.15) is 79.6 Å². The summed E-state index contributed by atoms with van der Waals surface area (Å²) in [5.41, 5.74) is 1.16. The molecule has 0 aromatic rings. The zero-order chi connectivity index (χ0) is 16.1. The molecule has 126 valence electrons. The molecule has 0 aliphatic carbocycles. The number of unbranched alkanes of at least 4 members (excludes halogenated alkanes) is 2. The van der Waals surface area contributed by atoms with E-state index in [4.69, 9.17) is 0 Å². The highest BCUT2D eigenvalue weighted by Crippen LogP contribution is 2.09. The van der Waals surface area contributed by atoms with Crippen LogP contribution >= 0.6 is 0 Å². The topological polar surface area (TPSA) is 15.3 Å². The summed E-state index contributed by atoms with van der Waals surface area (Å²) >= 11 is 0. The molecule has 0 bridgehead atoms. The molecule has 0 amide bonds. The summed E-state index contributed by atoms with van der Waals surface area (Å²) in [6, 6.07) is 0.511. The van der Waals surface area contributed by atoms with Crippen LogP contribution in [0, 0.1) is 5.92 Å². The lowest BCUT2D eigenvalue weighted by Gasteiger charge is -2.28. The molecule has 2 nitrogen and oxygen atoms in total. The zero-order valence-corrected chi connectivity index (χ0v) is 15.4. The van der Waals surface area contributed by atoms with Gasteiger partial charge in [-0.1, -0.05) is 59.5 Å². The highest BCUT2D eigenvalue weighted by atomic mass is 15.1. The van der Waals surface area contributed by atoms with Crippen molar-refractivity contribution in [3.63, 3.8) is 0 Å². The van der Waals surface area contributed by atoms with Crippen molar-refractivity contribution < 1.29 is 0 Å². The molecule has 0 unspecified atom stereocenters. The molecule has 1 saturated heterocycles. The zero-order valence-electron chi connectivity index (χ0n) is 15.4. The molecule has 1 aliphatic heterocycles. The number of likely N-dealkylation sites (tertiary alicyclic amines) is 1. The average molecular weight is 297 g/mol. The molecule has 1 rings (SSSR count). The molecule has 0 atom stereocenters.